The van der Waals surface area contributed by atoms with Gasteiger partial charge in [0.25, 0.3) is 0 Å². The molecular weight excluding hydrogens is 412 g/mol. The van der Waals surface area contributed by atoms with Crippen LogP contribution in [0.2, 0.25) is 0 Å². The first kappa shape index (κ1) is 23.1. The minimum Gasteiger partial charge on any atom is -0.492 e. The van der Waals surface area contributed by atoms with Gasteiger partial charge in [-0.3, -0.25) is 9.89 Å². The Hall–Kier alpha value is -2.58. The molecule has 2 N–H and O–H groups in total. The van der Waals surface area contributed by atoms with E-state index in [0.29, 0.717) is 31.4 Å². The molecule has 1 aliphatic heterocycles. The van der Waals surface area contributed by atoms with Gasteiger partial charge in [0, 0.05) is 26.4 Å². The van der Waals surface area contributed by atoms with Gasteiger partial charge in [-0.25, -0.2) is 8.42 Å². The average molecular weight is 445 g/mol. The van der Waals surface area contributed by atoms with Crippen LogP contribution >= 0.6 is 0 Å². The first-order chi connectivity index (χ1) is 14.9. The van der Waals surface area contributed by atoms with Crippen molar-refractivity contribution in [2.45, 2.75) is 30.8 Å². The first-order valence-corrected chi connectivity index (χ1v) is 12.5. The summed E-state index contributed by atoms with van der Waals surface area (Å²) in [7, 11) is -1.46. The summed E-state index contributed by atoms with van der Waals surface area (Å²) in [4.78, 5) is 7.02. The highest BCUT2D eigenvalue weighted by Crippen LogP contribution is 2.16. The van der Waals surface area contributed by atoms with Crippen molar-refractivity contribution in [1.82, 2.24) is 15.5 Å². The van der Waals surface area contributed by atoms with Crippen molar-refractivity contribution in [3.63, 3.8) is 0 Å². The van der Waals surface area contributed by atoms with E-state index < -0.39 is 9.84 Å². The molecule has 2 aromatic carbocycles. The van der Waals surface area contributed by atoms with E-state index in [9.17, 15) is 8.42 Å². The van der Waals surface area contributed by atoms with Crippen LogP contribution in [0.1, 0.15) is 24.0 Å². The van der Waals surface area contributed by atoms with Crippen LogP contribution in [-0.2, 0) is 22.9 Å². The Morgan fingerprint density at radius 1 is 1.00 bits per heavy atom. The summed E-state index contributed by atoms with van der Waals surface area (Å²) >= 11 is 0. The summed E-state index contributed by atoms with van der Waals surface area (Å²) in [5.74, 6) is 1.34. The Labute approximate surface area is 185 Å². The normalized spacial score (nSPS) is 15.1. The van der Waals surface area contributed by atoms with Crippen molar-refractivity contribution in [2.75, 3.05) is 39.5 Å². The topological polar surface area (TPSA) is 83.0 Å². The predicted octanol–water partition coefficient (Wildman–Crippen LogP) is 2.43. The second-order valence-electron chi connectivity index (χ2n) is 7.74. The van der Waals surface area contributed by atoms with Crippen LogP contribution in [0.3, 0.4) is 0 Å². The van der Waals surface area contributed by atoms with Gasteiger partial charge in [-0.2, -0.15) is 0 Å². The standard InChI is InChI=1S/C23H32N4O3S/c1-24-23(25-13-16-30-21-9-11-22(12-10-21)31(2,28)29)26-17-19-5-7-20(8-6-19)18-27-14-3-4-15-27/h5-12H,3-4,13-18H2,1-2H3,(H2,24,25,26). The second-order valence-corrected chi connectivity index (χ2v) is 9.76. The Bertz CT molecular complexity index is 951. The zero-order chi connectivity index (χ0) is 22.1. The molecule has 7 nitrogen and oxygen atoms in total. The van der Waals surface area contributed by atoms with E-state index >= 15 is 0 Å². The Morgan fingerprint density at radius 2 is 1.65 bits per heavy atom. The summed E-state index contributed by atoms with van der Waals surface area (Å²) in [6, 6.07) is 15.2. The number of nitrogens with one attached hydrogen (secondary N) is 2. The molecule has 1 fully saturated rings. The Morgan fingerprint density at radius 3 is 2.26 bits per heavy atom. The lowest BCUT2D eigenvalue weighted by Gasteiger charge is -2.15. The number of benzene rings is 2. The maximum Gasteiger partial charge on any atom is 0.191 e. The van der Waals surface area contributed by atoms with Crippen molar-refractivity contribution >= 4 is 15.8 Å². The Kier molecular flexibility index (Phi) is 8.31. The van der Waals surface area contributed by atoms with Gasteiger partial charge in [-0.15, -0.1) is 0 Å². The predicted molar refractivity (Wildman–Crippen MR) is 124 cm³/mol. The van der Waals surface area contributed by atoms with Crippen molar-refractivity contribution in [3.8, 4) is 5.75 Å². The number of guanidine groups is 1. The summed E-state index contributed by atoms with van der Waals surface area (Å²) in [6.45, 7) is 5.15. The molecule has 0 radical (unpaired) electrons. The summed E-state index contributed by atoms with van der Waals surface area (Å²) in [5.41, 5.74) is 2.56. The fraction of sp³-hybridized carbons (Fsp3) is 0.435. The number of sulfone groups is 1. The molecule has 31 heavy (non-hydrogen) atoms. The van der Waals surface area contributed by atoms with Gasteiger partial charge in [-0.05, 0) is 61.3 Å². The van der Waals surface area contributed by atoms with Gasteiger partial charge in [0.1, 0.15) is 12.4 Å². The second kappa shape index (κ2) is 11.2. The van der Waals surface area contributed by atoms with Crippen LogP contribution in [0.5, 0.6) is 5.75 Å². The number of nitrogens with zero attached hydrogens (tertiary/aromatic N) is 2. The SMILES string of the molecule is CN=C(NCCOc1ccc(S(C)(=O)=O)cc1)NCc1ccc(CN2CCCC2)cc1. The highest BCUT2D eigenvalue weighted by Gasteiger charge is 2.11. The van der Waals surface area contributed by atoms with E-state index in [1.54, 1.807) is 31.3 Å². The van der Waals surface area contributed by atoms with Crippen LogP contribution in [0.15, 0.2) is 58.4 Å². The number of hydrogen-bond acceptors (Lipinski definition) is 5. The summed E-state index contributed by atoms with van der Waals surface area (Å²) in [6.07, 6.45) is 3.82. The third-order valence-corrected chi connectivity index (χ3v) is 6.35. The first-order valence-electron chi connectivity index (χ1n) is 10.6. The molecule has 1 heterocycles. The molecular formula is C23H32N4O3S. The smallest absolute Gasteiger partial charge is 0.191 e. The molecule has 0 unspecified atom stereocenters. The quantitative estimate of drug-likeness (QED) is 0.351. The molecule has 0 saturated carbocycles. The van der Waals surface area contributed by atoms with Crippen LogP contribution < -0.4 is 15.4 Å². The number of aliphatic imine (C=N–C) groups is 1. The van der Waals surface area contributed by atoms with E-state index in [1.165, 1.54) is 43.3 Å². The van der Waals surface area contributed by atoms with Gasteiger partial charge in [0.2, 0.25) is 0 Å². The Balaban J connectivity index is 1.36. The van der Waals surface area contributed by atoms with E-state index in [4.69, 9.17) is 4.74 Å². The van der Waals surface area contributed by atoms with Crippen LogP contribution in [0, 0.1) is 0 Å². The van der Waals surface area contributed by atoms with E-state index in [0.717, 1.165) is 6.54 Å². The highest BCUT2D eigenvalue weighted by molar-refractivity contribution is 7.90. The van der Waals surface area contributed by atoms with Gasteiger partial charge >= 0.3 is 0 Å². The molecule has 1 aliphatic rings. The molecule has 0 amide bonds. The largest absolute Gasteiger partial charge is 0.492 e. The van der Waals surface area contributed by atoms with E-state index in [2.05, 4.69) is 44.8 Å². The molecule has 8 heteroatoms. The monoisotopic (exact) mass is 444 g/mol. The van der Waals surface area contributed by atoms with Crippen molar-refractivity contribution < 1.29 is 13.2 Å². The maximum atomic E-state index is 11.5. The average Bonchev–Trinajstić information content (AvgIpc) is 3.27. The fourth-order valence-corrected chi connectivity index (χ4v) is 4.12. The van der Waals surface area contributed by atoms with Gasteiger partial charge in [0.05, 0.1) is 11.4 Å². The lowest BCUT2D eigenvalue weighted by Crippen LogP contribution is -2.38. The lowest BCUT2D eigenvalue weighted by atomic mass is 10.1. The van der Waals surface area contributed by atoms with Gasteiger partial charge < -0.3 is 15.4 Å². The molecule has 0 spiro atoms. The van der Waals surface area contributed by atoms with Crippen LogP contribution in [0.25, 0.3) is 0 Å². The molecule has 0 atom stereocenters. The molecule has 168 valence electrons. The fourth-order valence-electron chi connectivity index (χ4n) is 3.49. The van der Waals surface area contributed by atoms with E-state index in [-0.39, 0.29) is 4.90 Å². The zero-order valence-corrected chi connectivity index (χ0v) is 19.1. The van der Waals surface area contributed by atoms with Gasteiger partial charge in [-0.1, -0.05) is 24.3 Å². The number of likely N-dealkylation sites (tertiary alicyclic amines) is 1. The van der Waals surface area contributed by atoms with Crippen LogP contribution in [0.4, 0.5) is 0 Å². The third-order valence-electron chi connectivity index (χ3n) is 5.23. The molecule has 1 saturated heterocycles. The number of hydrogen-bond donors (Lipinski definition) is 2. The minimum atomic E-state index is -3.19. The van der Waals surface area contributed by atoms with Crippen LogP contribution in [-0.4, -0.2) is 58.8 Å². The molecule has 3 rings (SSSR count). The van der Waals surface area contributed by atoms with Crippen molar-refractivity contribution in [2.24, 2.45) is 4.99 Å². The summed E-state index contributed by atoms with van der Waals surface area (Å²) in [5, 5.41) is 6.52. The molecule has 2 aromatic rings. The van der Waals surface area contributed by atoms with E-state index in [1.807, 2.05) is 0 Å². The maximum absolute atomic E-state index is 11.5. The molecule has 0 aliphatic carbocycles. The lowest BCUT2D eigenvalue weighted by molar-refractivity contribution is 0.321. The zero-order valence-electron chi connectivity index (χ0n) is 18.3. The van der Waals surface area contributed by atoms with Crippen molar-refractivity contribution in [3.05, 3.63) is 59.7 Å². The highest BCUT2D eigenvalue weighted by atomic mass is 32.2. The number of rotatable bonds is 9. The van der Waals surface area contributed by atoms with Crippen molar-refractivity contribution in [1.29, 1.82) is 0 Å². The molecule has 0 bridgehead atoms. The number of ether oxygens (including phenoxy) is 1. The third kappa shape index (κ3) is 7.56. The minimum absolute atomic E-state index is 0.284. The molecule has 0 aromatic heterocycles. The summed E-state index contributed by atoms with van der Waals surface area (Å²) < 4.78 is 28.6. The van der Waals surface area contributed by atoms with Gasteiger partial charge in [0.15, 0.2) is 15.8 Å².